The Morgan fingerprint density at radius 1 is 0.941 bits per heavy atom. The van der Waals surface area contributed by atoms with Gasteiger partial charge >= 0.3 is 0 Å². The zero-order valence-electron chi connectivity index (χ0n) is 18.0. The first-order valence-corrected chi connectivity index (χ1v) is 12.4. The number of nitrogens with zero attached hydrogens (tertiary/aromatic N) is 5. The van der Waals surface area contributed by atoms with Crippen LogP contribution in [0.1, 0.15) is 21.1 Å². The van der Waals surface area contributed by atoms with Gasteiger partial charge in [-0.05, 0) is 29.8 Å². The number of hydrogen-bond acceptors (Lipinski definition) is 7. The van der Waals surface area contributed by atoms with E-state index in [4.69, 9.17) is 0 Å². The van der Waals surface area contributed by atoms with Gasteiger partial charge in [0.15, 0.2) is 11.0 Å². The molecule has 7 nitrogen and oxygen atoms in total. The van der Waals surface area contributed by atoms with Gasteiger partial charge in [0.2, 0.25) is 0 Å². The van der Waals surface area contributed by atoms with Crippen LogP contribution in [-0.4, -0.2) is 30.6 Å². The number of carbonyl (C=O) groups excluding carboxylic acids is 1. The molecule has 9 heteroatoms. The van der Waals surface area contributed by atoms with E-state index < -0.39 is 0 Å². The molecule has 168 valence electrons. The number of aromatic nitrogens is 5. The van der Waals surface area contributed by atoms with Crippen LogP contribution in [0, 0.1) is 0 Å². The molecule has 0 radical (unpaired) electrons. The molecule has 1 amide bonds. The average molecular weight is 485 g/mol. The predicted octanol–water partition coefficient (Wildman–Crippen LogP) is 5.01. The molecule has 1 N–H and O–H groups in total. The summed E-state index contributed by atoms with van der Waals surface area (Å²) in [6, 6.07) is 23.6. The van der Waals surface area contributed by atoms with E-state index in [1.807, 2.05) is 77.4 Å². The number of benzene rings is 2. The Morgan fingerprint density at radius 2 is 1.68 bits per heavy atom. The lowest BCUT2D eigenvalue weighted by molar-refractivity contribution is 0.0946. The Hall–Kier alpha value is -3.82. The van der Waals surface area contributed by atoms with Crippen LogP contribution in [0.3, 0.4) is 0 Å². The molecule has 0 aliphatic heterocycles. The molecule has 0 aliphatic rings. The number of pyridine rings is 1. The van der Waals surface area contributed by atoms with Gasteiger partial charge in [0.05, 0.1) is 5.75 Å². The number of nitrogens with one attached hydrogen (secondary N) is 1. The number of thioether (sulfide) groups is 1. The zero-order chi connectivity index (χ0) is 23.2. The van der Waals surface area contributed by atoms with Crippen molar-refractivity contribution in [2.24, 2.45) is 0 Å². The number of hydrogen-bond donors (Lipinski definition) is 1. The van der Waals surface area contributed by atoms with Crippen LogP contribution in [0.25, 0.3) is 17.1 Å². The first-order chi connectivity index (χ1) is 16.8. The zero-order valence-corrected chi connectivity index (χ0v) is 19.7. The van der Waals surface area contributed by atoms with E-state index in [2.05, 4.69) is 25.5 Å². The molecular weight excluding hydrogens is 464 g/mol. The summed E-state index contributed by atoms with van der Waals surface area (Å²) in [6.07, 6.45) is 3.48. The summed E-state index contributed by atoms with van der Waals surface area (Å²) in [5.41, 5.74) is 3.39. The van der Waals surface area contributed by atoms with Crippen LogP contribution >= 0.6 is 23.1 Å². The van der Waals surface area contributed by atoms with E-state index in [0.29, 0.717) is 18.0 Å². The highest BCUT2D eigenvalue weighted by atomic mass is 32.2. The molecule has 0 saturated heterocycles. The molecule has 0 aliphatic carbocycles. The van der Waals surface area contributed by atoms with Gasteiger partial charge in [-0.1, -0.05) is 60.3 Å². The van der Waals surface area contributed by atoms with E-state index in [1.165, 1.54) is 23.1 Å². The lowest BCUT2D eigenvalue weighted by atomic mass is 10.2. The van der Waals surface area contributed by atoms with Crippen molar-refractivity contribution in [1.29, 1.82) is 0 Å². The van der Waals surface area contributed by atoms with Gasteiger partial charge in [-0.3, -0.25) is 14.3 Å². The Kier molecular flexibility index (Phi) is 6.73. The normalized spacial score (nSPS) is 10.8. The summed E-state index contributed by atoms with van der Waals surface area (Å²) in [5, 5.41) is 15.2. The van der Waals surface area contributed by atoms with Gasteiger partial charge in [-0.2, -0.15) is 0 Å². The molecule has 0 unspecified atom stereocenters. The molecule has 34 heavy (non-hydrogen) atoms. The van der Waals surface area contributed by atoms with E-state index >= 15 is 0 Å². The first kappa shape index (κ1) is 22.0. The number of carbonyl (C=O) groups is 1. The molecule has 0 spiro atoms. The molecule has 0 atom stereocenters. The second-order valence-corrected chi connectivity index (χ2v) is 9.18. The van der Waals surface area contributed by atoms with Gasteiger partial charge in [-0.15, -0.1) is 21.5 Å². The molecule has 0 saturated carbocycles. The van der Waals surface area contributed by atoms with Crippen molar-refractivity contribution in [2.45, 2.75) is 17.5 Å². The largest absolute Gasteiger partial charge is 0.347 e. The van der Waals surface area contributed by atoms with Gasteiger partial charge in [0, 0.05) is 35.6 Å². The van der Waals surface area contributed by atoms with E-state index in [9.17, 15) is 4.79 Å². The number of rotatable bonds is 8. The highest BCUT2D eigenvalue weighted by molar-refractivity contribution is 7.98. The summed E-state index contributed by atoms with van der Waals surface area (Å²) in [5.74, 6) is 1.15. The van der Waals surface area contributed by atoms with Gasteiger partial charge in [-0.25, -0.2) is 4.98 Å². The fourth-order valence-corrected chi connectivity index (χ4v) is 5.08. The third-order valence-corrected chi connectivity index (χ3v) is 6.96. The van der Waals surface area contributed by atoms with Crippen molar-refractivity contribution in [3.8, 4) is 17.1 Å². The average Bonchev–Trinajstić information content (AvgIpc) is 3.55. The van der Waals surface area contributed by atoms with E-state index in [0.717, 1.165) is 32.8 Å². The smallest absolute Gasteiger partial charge is 0.271 e. The van der Waals surface area contributed by atoms with Gasteiger partial charge in [0.25, 0.3) is 5.91 Å². The summed E-state index contributed by atoms with van der Waals surface area (Å²) in [6.45, 7) is 0.471. The quantitative estimate of drug-likeness (QED) is 0.312. The fourth-order valence-electron chi connectivity index (χ4n) is 3.34. The standard InChI is InChI=1S/C25H20N6OS2/c32-24(27-15-18-7-3-1-4-8-18)21-16-33-22(28-21)17-34-25-30-29-23(19-11-13-26-14-12-19)31(25)20-9-5-2-6-10-20/h1-14,16H,15,17H2,(H,27,32). The summed E-state index contributed by atoms with van der Waals surface area (Å²) in [4.78, 5) is 21.1. The van der Waals surface area contributed by atoms with Crippen molar-refractivity contribution >= 4 is 29.0 Å². The highest BCUT2D eigenvalue weighted by Gasteiger charge is 2.17. The monoisotopic (exact) mass is 484 g/mol. The van der Waals surface area contributed by atoms with E-state index in [-0.39, 0.29) is 5.91 Å². The van der Waals surface area contributed by atoms with Crippen LogP contribution in [0.2, 0.25) is 0 Å². The van der Waals surface area contributed by atoms with Crippen LogP contribution < -0.4 is 5.32 Å². The van der Waals surface area contributed by atoms with Crippen LogP contribution in [0.4, 0.5) is 0 Å². The minimum atomic E-state index is -0.177. The SMILES string of the molecule is O=C(NCc1ccccc1)c1csc(CSc2nnc(-c3ccncc3)n2-c2ccccc2)n1. The molecular formula is C25H20N6OS2. The van der Waals surface area contributed by atoms with Crippen molar-refractivity contribution in [3.63, 3.8) is 0 Å². The number of para-hydroxylation sites is 1. The van der Waals surface area contributed by atoms with Crippen molar-refractivity contribution in [2.75, 3.05) is 0 Å². The van der Waals surface area contributed by atoms with Crippen LogP contribution in [0.15, 0.2) is 95.7 Å². The molecule has 0 bridgehead atoms. The Balaban J connectivity index is 1.31. The lowest BCUT2D eigenvalue weighted by Gasteiger charge is -2.09. The molecule has 0 fully saturated rings. The van der Waals surface area contributed by atoms with Crippen LogP contribution in [0.5, 0.6) is 0 Å². The van der Waals surface area contributed by atoms with Gasteiger partial charge in [0.1, 0.15) is 10.7 Å². The third kappa shape index (κ3) is 5.05. The maximum Gasteiger partial charge on any atom is 0.271 e. The Morgan fingerprint density at radius 3 is 2.44 bits per heavy atom. The Labute approximate surface area is 204 Å². The molecule has 5 rings (SSSR count). The lowest BCUT2D eigenvalue weighted by Crippen LogP contribution is -2.23. The summed E-state index contributed by atoms with van der Waals surface area (Å²) in [7, 11) is 0. The Bertz CT molecular complexity index is 1370. The maximum absolute atomic E-state index is 12.5. The van der Waals surface area contributed by atoms with Crippen molar-refractivity contribution in [1.82, 2.24) is 30.0 Å². The molecule has 2 aromatic carbocycles. The summed E-state index contributed by atoms with van der Waals surface area (Å²) >= 11 is 3.00. The molecule has 3 heterocycles. The highest BCUT2D eigenvalue weighted by Crippen LogP contribution is 2.30. The summed E-state index contributed by atoms with van der Waals surface area (Å²) < 4.78 is 2.03. The fraction of sp³-hybridized carbons (Fsp3) is 0.0800. The van der Waals surface area contributed by atoms with E-state index in [1.54, 1.807) is 17.8 Å². The number of thiazole rings is 1. The topological polar surface area (TPSA) is 85.6 Å². The molecule has 5 aromatic rings. The minimum Gasteiger partial charge on any atom is -0.347 e. The third-order valence-electron chi connectivity index (χ3n) is 4.99. The number of amides is 1. The van der Waals surface area contributed by atoms with Crippen molar-refractivity contribution < 1.29 is 4.79 Å². The minimum absolute atomic E-state index is 0.177. The first-order valence-electron chi connectivity index (χ1n) is 10.6. The van der Waals surface area contributed by atoms with Gasteiger partial charge < -0.3 is 5.32 Å². The van der Waals surface area contributed by atoms with Crippen LogP contribution in [-0.2, 0) is 12.3 Å². The second-order valence-electron chi connectivity index (χ2n) is 7.30. The van der Waals surface area contributed by atoms with Crippen molar-refractivity contribution in [3.05, 3.63) is 107 Å². The predicted molar refractivity (Wildman–Crippen MR) is 134 cm³/mol. The maximum atomic E-state index is 12.5. The molecule has 3 aromatic heterocycles. The second kappa shape index (κ2) is 10.4.